The van der Waals surface area contributed by atoms with E-state index >= 15 is 0 Å². The van der Waals surface area contributed by atoms with E-state index in [1.807, 2.05) is 6.92 Å². The first-order valence-electron chi connectivity index (χ1n) is 7.23. The molecule has 1 heterocycles. The summed E-state index contributed by atoms with van der Waals surface area (Å²) in [6.07, 6.45) is 2.88. The minimum atomic E-state index is 0.378. The van der Waals surface area contributed by atoms with Crippen LogP contribution in [0.3, 0.4) is 0 Å². The quantitative estimate of drug-likeness (QED) is 0.809. The fourth-order valence-corrected chi connectivity index (χ4v) is 3.41. The standard InChI is InChI=1S/C17H21NO/c1-13-16-9-10-18(11-14-5-3-2-4-6-14)12-15(16)7-8-17(13)19/h2-6,15H,7-12H2,1H3. The number of rotatable bonds is 2. The highest BCUT2D eigenvalue weighted by atomic mass is 16.1. The third-order valence-corrected chi connectivity index (χ3v) is 4.54. The molecule has 100 valence electrons. The van der Waals surface area contributed by atoms with E-state index in [0.29, 0.717) is 11.7 Å². The molecule has 0 aromatic heterocycles. The van der Waals surface area contributed by atoms with Crippen LogP contribution in [0.5, 0.6) is 0 Å². The second-order valence-corrected chi connectivity index (χ2v) is 5.78. The molecule has 1 unspecified atom stereocenters. The van der Waals surface area contributed by atoms with Crippen molar-refractivity contribution in [2.45, 2.75) is 32.7 Å². The molecule has 0 bridgehead atoms. The van der Waals surface area contributed by atoms with E-state index in [1.165, 1.54) is 11.1 Å². The second-order valence-electron chi connectivity index (χ2n) is 5.78. The highest BCUT2D eigenvalue weighted by molar-refractivity contribution is 5.96. The van der Waals surface area contributed by atoms with Crippen LogP contribution in [0.25, 0.3) is 0 Å². The summed E-state index contributed by atoms with van der Waals surface area (Å²) < 4.78 is 0. The Morgan fingerprint density at radius 1 is 1.21 bits per heavy atom. The molecule has 0 spiro atoms. The molecule has 2 nitrogen and oxygen atoms in total. The molecule has 3 rings (SSSR count). The zero-order chi connectivity index (χ0) is 13.2. The van der Waals surface area contributed by atoms with Crippen molar-refractivity contribution in [3.05, 3.63) is 47.0 Å². The molecule has 1 aliphatic heterocycles. The predicted molar refractivity (Wildman–Crippen MR) is 76.8 cm³/mol. The highest BCUT2D eigenvalue weighted by Gasteiger charge is 2.30. The monoisotopic (exact) mass is 255 g/mol. The number of piperidine rings is 1. The second kappa shape index (κ2) is 5.30. The number of allylic oxidation sites excluding steroid dienone is 1. The first kappa shape index (κ1) is 12.6. The summed E-state index contributed by atoms with van der Waals surface area (Å²) in [6, 6.07) is 10.7. The summed E-state index contributed by atoms with van der Waals surface area (Å²) in [6.45, 7) is 5.27. The topological polar surface area (TPSA) is 20.3 Å². The number of hydrogen-bond donors (Lipinski definition) is 0. The normalized spacial score (nSPS) is 24.5. The molecule has 2 aliphatic rings. The van der Waals surface area contributed by atoms with Gasteiger partial charge in [-0.1, -0.05) is 35.9 Å². The van der Waals surface area contributed by atoms with Gasteiger partial charge in [-0.15, -0.1) is 0 Å². The molecule has 0 radical (unpaired) electrons. The third-order valence-electron chi connectivity index (χ3n) is 4.54. The maximum absolute atomic E-state index is 11.8. The lowest BCUT2D eigenvalue weighted by atomic mass is 9.78. The van der Waals surface area contributed by atoms with Crippen molar-refractivity contribution in [2.75, 3.05) is 13.1 Å². The maximum atomic E-state index is 11.8. The Labute approximate surface area is 115 Å². The molecule has 2 heteroatoms. The van der Waals surface area contributed by atoms with Crippen LogP contribution in [-0.4, -0.2) is 23.8 Å². The summed E-state index contributed by atoms with van der Waals surface area (Å²) in [4.78, 5) is 14.3. The minimum absolute atomic E-state index is 0.378. The Balaban J connectivity index is 1.69. The fraction of sp³-hybridized carbons (Fsp3) is 0.471. The van der Waals surface area contributed by atoms with Gasteiger partial charge in [-0.25, -0.2) is 0 Å². The summed E-state index contributed by atoms with van der Waals surface area (Å²) in [5, 5.41) is 0. The fourth-order valence-electron chi connectivity index (χ4n) is 3.41. The number of fused-ring (bicyclic) bond motifs is 1. The SMILES string of the molecule is CC1=C2CCN(Cc3ccccc3)CC2CCC1=O. The molecule has 1 aromatic carbocycles. The number of nitrogens with zero attached hydrogens (tertiary/aromatic N) is 1. The van der Waals surface area contributed by atoms with Crippen LogP contribution >= 0.6 is 0 Å². The Morgan fingerprint density at radius 2 is 2.00 bits per heavy atom. The van der Waals surface area contributed by atoms with Gasteiger partial charge < -0.3 is 0 Å². The number of carbonyl (C=O) groups excluding carboxylic acids is 1. The van der Waals surface area contributed by atoms with Crippen molar-refractivity contribution in [3.63, 3.8) is 0 Å². The third kappa shape index (κ3) is 2.64. The number of hydrogen-bond acceptors (Lipinski definition) is 2. The number of benzene rings is 1. The van der Waals surface area contributed by atoms with E-state index in [4.69, 9.17) is 0 Å². The van der Waals surface area contributed by atoms with Crippen molar-refractivity contribution in [1.29, 1.82) is 0 Å². The van der Waals surface area contributed by atoms with Crippen LogP contribution in [0, 0.1) is 5.92 Å². The van der Waals surface area contributed by atoms with Gasteiger partial charge in [0.25, 0.3) is 0 Å². The smallest absolute Gasteiger partial charge is 0.158 e. The molecule has 0 N–H and O–H groups in total. The number of ketones is 1. The van der Waals surface area contributed by atoms with E-state index in [1.54, 1.807) is 0 Å². The molecule has 19 heavy (non-hydrogen) atoms. The minimum Gasteiger partial charge on any atom is -0.298 e. The average Bonchev–Trinajstić information content (AvgIpc) is 2.44. The van der Waals surface area contributed by atoms with Gasteiger partial charge in [0, 0.05) is 26.1 Å². The Bertz CT molecular complexity index is 503. The van der Waals surface area contributed by atoms with Gasteiger partial charge in [-0.05, 0) is 36.8 Å². The first-order valence-corrected chi connectivity index (χ1v) is 7.23. The zero-order valence-electron chi connectivity index (χ0n) is 11.6. The molecule has 1 atom stereocenters. The predicted octanol–water partition coefficient (Wildman–Crippen LogP) is 3.19. The summed E-state index contributed by atoms with van der Waals surface area (Å²) in [5.74, 6) is 0.998. The van der Waals surface area contributed by atoms with Crippen molar-refractivity contribution in [1.82, 2.24) is 4.90 Å². The largest absolute Gasteiger partial charge is 0.298 e. The molecule has 0 amide bonds. The zero-order valence-corrected chi connectivity index (χ0v) is 11.6. The van der Waals surface area contributed by atoms with Crippen molar-refractivity contribution in [2.24, 2.45) is 5.92 Å². The molecule has 1 saturated heterocycles. The lowest BCUT2D eigenvalue weighted by molar-refractivity contribution is -0.116. The van der Waals surface area contributed by atoms with Crippen LogP contribution in [0.15, 0.2) is 41.5 Å². The van der Waals surface area contributed by atoms with E-state index < -0.39 is 0 Å². The first-order chi connectivity index (χ1) is 9.24. The molecule has 1 aliphatic carbocycles. The van der Waals surface area contributed by atoms with Gasteiger partial charge in [-0.2, -0.15) is 0 Å². The molecule has 1 aromatic rings. The molecule has 0 saturated carbocycles. The average molecular weight is 255 g/mol. The van der Waals surface area contributed by atoms with Gasteiger partial charge in [0.2, 0.25) is 0 Å². The van der Waals surface area contributed by atoms with Crippen LogP contribution in [-0.2, 0) is 11.3 Å². The van der Waals surface area contributed by atoms with Crippen LogP contribution in [0.4, 0.5) is 0 Å². The molecular weight excluding hydrogens is 234 g/mol. The van der Waals surface area contributed by atoms with E-state index in [0.717, 1.165) is 44.5 Å². The van der Waals surface area contributed by atoms with Crippen LogP contribution in [0.1, 0.15) is 31.7 Å². The van der Waals surface area contributed by atoms with E-state index in [-0.39, 0.29) is 0 Å². The van der Waals surface area contributed by atoms with Crippen molar-refractivity contribution < 1.29 is 4.79 Å². The van der Waals surface area contributed by atoms with Gasteiger partial charge >= 0.3 is 0 Å². The summed E-state index contributed by atoms with van der Waals surface area (Å²) >= 11 is 0. The van der Waals surface area contributed by atoms with Gasteiger partial charge in [0.15, 0.2) is 5.78 Å². The highest BCUT2D eigenvalue weighted by Crippen LogP contribution is 2.34. The van der Waals surface area contributed by atoms with Gasteiger partial charge in [-0.3, -0.25) is 9.69 Å². The van der Waals surface area contributed by atoms with Crippen LogP contribution < -0.4 is 0 Å². The number of carbonyl (C=O) groups is 1. The maximum Gasteiger partial charge on any atom is 0.158 e. The lowest BCUT2D eigenvalue weighted by Gasteiger charge is -2.37. The summed E-state index contributed by atoms with van der Waals surface area (Å²) in [5.41, 5.74) is 3.90. The lowest BCUT2D eigenvalue weighted by Crippen LogP contribution is -2.38. The van der Waals surface area contributed by atoms with E-state index in [9.17, 15) is 4.79 Å². The van der Waals surface area contributed by atoms with E-state index in [2.05, 4.69) is 35.2 Å². The van der Waals surface area contributed by atoms with Crippen LogP contribution in [0.2, 0.25) is 0 Å². The number of likely N-dealkylation sites (tertiary alicyclic amines) is 1. The summed E-state index contributed by atoms with van der Waals surface area (Å²) in [7, 11) is 0. The van der Waals surface area contributed by atoms with Crippen molar-refractivity contribution >= 4 is 5.78 Å². The van der Waals surface area contributed by atoms with Gasteiger partial charge in [0.05, 0.1) is 0 Å². The Kier molecular flexibility index (Phi) is 3.52. The van der Waals surface area contributed by atoms with Crippen molar-refractivity contribution in [3.8, 4) is 0 Å². The Morgan fingerprint density at radius 3 is 2.79 bits per heavy atom. The Hall–Kier alpha value is -1.41. The molecule has 1 fully saturated rings. The van der Waals surface area contributed by atoms with Gasteiger partial charge in [0.1, 0.15) is 0 Å². The number of Topliss-reactive ketones (excluding diaryl/α,β-unsaturated/α-hetero) is 1. The molecular formula is C17H21NO.